The zero-order chi connectivity index (χ0) is 19.2. The Kier molecular flexibility index (Phi) is 10.2. The predicted molar refractivity (Wildman–Crippen MR) is 132 cm³/mol. The van der Waals surface area contributed by atoms with E-state index in [2.05, 4.69) is 26.7 Å². The minimum Gasteiger partial charge on any atom is -0.453 e. The highest BCUT2D eigenvalue weighted by Crippen LogP contribution is 2.35. The number of aryl methyl sites for hydroxylation is 1. The molecular weight excluding hydrogens is 459 g/mol. The molecule has 1 aliphatic heterocycles. The molecule has 3 aromatic rings. The Morgan fingerprint density at radius 1 is 1.20 bits per heavy atom. The summed E-state index contributed by atoms with van der Waals surface area (Å²) in [5.41, 5.74) is 0.993. The lowest BCUT2D eigenvalue weighted by Crippen LogP contribution is -2.28. The van der Waals surface area contributed by atoms with Crippen LogP contribution in [-0.2, 0) is 0 Å². The number of halogens is 2. The van der Waals surface area contributed by atoms with Crippen molar-refractivity contribution >= 4 is 58.9 Å². The Bertz CT molecular complexity index is 905. The number of pyridine rings is 1. The molecule has 0 unspecified atom stereocenters. The molecule has 0 bridgehead atoms. The molecule has 0 amide bonds. The zero-order valence-electron chi connectivity index (χ0n) is 16.7. The van der Waals surface area contributed by atoms with Gasteiger partial charge in [-0.25, -0.2) is 9.97 Å². The fourth-order valence-corrected chi connectivity index (χ4v) is 4.83. The van der Waals surface area contributed by atoms with Gasteiger partial charge in [0.1, 0.15) is 5.75 Å². The average molecular weight is 486 g/mol. The van der Waals surface area contributed by atoms with Gasteiger partial charge in [-0.15, -0.1) is 47.9 Å². The molecule has 1 fully saturated rings. The average Bonchev–Trinajstić information content (AvgIpc) is 3.14. The summed E-state index contributed by atoms with van der Waals surface area (Å²) in [5, 5.41) is 9.56. The van der Waals surface area contributed by atoms with Crippen LogP contribution < -0.4 is 15.4 Å². The number of nitrogens with zero attached hydrogens (tertiary/aromatic N) is 2. The van der Waals surface area contributed by atoms with Crippen molar-refractivity contribution in [3.8, 4) is 11.5 Å². The monoisotopic (exact) mass is 484 g/mol. The van der Waals surface area contributed by atoms with Crippen LogP contribution in [-0.4, -0.2) is 28.8 Å². The molecule has 9 heteroatoms. The molecule has 1 saturated heterocycles. The molecule has 5 nitrogen and oxygen atoms in total. The van der Waals surface area contributed by atoms with Crippen LogP contribution in [0.2, 0.25) is 0 Å². The quantitative estimate of drug-likeness (QED) is 0.382. The van der Waals surface area contributed by atoms with Gasteiger partial charge in [-0.1, -0.05) is 18.2 Å². The maximum atomic E-state index is 6.15. The number of piperidine rings is 1. The van der Waals surface area contributed by atoms with Crippen LogP contribution >= 0.6 is 47.9 Å². The minimum atomic E-state index is 0. The van der Waals surface area contributed by atoms with Gasteiger partial charge in [0.25, 0.3) is 0 Å². The molecule has 2 aromatic heterocycles. The smallest absolute Gasteiger partial charge is 0.188 e. The molecular formula is C21H26Cl2N4OS2. The number of thiazole rings is 1. The van der Waals surface area contributed by atoms with Crippen LogP contribution in [0.15, 0.2) is 52.9 Å². The normalized spacial score (nSPS) is 13.8. The molecule has 0 spiro atoms. The lowest BCUT2D eigenvalue weighted by atomic mass is 10.0. The molecule has 162 valence electrons. The summed E-state index contributed by atoms with van der Waals surface area (Å²) in [6.07, 6.45) is 4.42. The molecule has 0 atom stereocenters. The van der Waals surface area contributed by atoms with Crippen LogP contribution in [0.3, 0.4) is 0 Å². The molecule has 0 radical (unpaired) electrons. The second-order valence-corrected chi connectivity index (χ2v) is 8.81. The van der Waals surface area contributed by atoms with E-state index in [0.29, 0.717) is 5.82 Å². The molecule has 3 heterocycles. The van der Waals surface area contributed by atoms with Crippen molar-refractivity contribution in [3.63, 3.8) is 0 Å². The van der Waals surface area contributed by atoms with E-state index >= 15 is 0 Å². The number of anilines is 2. The molecule has 2 N–H and O–H groups in total. The maximum Gasteiger partial charge on any atom is 0.188 e. The van der Waals surface area contributed by atoms with E-state index in [1.807, 2.05) is 60.6 Å². The highest BCUT2D eigenvalue weighted by atomic mass is 35.5. The fraction of sp³-hybridized carbons (Fsp3) is 0.333. The van der Waals surface area contributed by atoms with Crippen molar-refractivity contribution in [3.05, 3.63) is 53.7 Å². The molecule has 1 aliphatic rings. The van der Waals surface area contributed by atoms with Gasteiger partial charge in [0, 0.05) is 22.2 Å². The fourth-order valence-electron chi connectivity index (χ4n) is 3.07. The summed E-state index contributed by atoms with van der Waals surface area (Å²) in [5.74, 6) is 4.08. The molecule has 0 saturated carbocycles. The van der Waals surface area contributed by atoms with E-state index in [9.17, 15) is 0 Å². The van der Waals surface area contributed by atoms with Crippen molar-refractivity contribution in [2.75, 3.05) is 24.2 Å². The highest BCUT2D eigenvalue weighted by molar-refractivity contribution is 7.99. The first-order valence-corrected chi connectivity index (χ1v) is 11.4. The Morgan fingerprint density at radius 3 is 2.67 bits per heavy atom. The third-order valence-electron chi connectivity index (χ3n) is 4.59. The Morgan fingerprint density at radius 2 is 1.97 bits per heavy atom. The first-order valence-electron chi connectivity index (χ1n) is 9.52. The number of aromatic nitrogens is 2. The van der Waals surface area contributed by atoms with Crippen molar-refractivity contribution in [1.29, 1.82) is 0 Å². The Hall–Kier alpha value is -1.51. The summed E-state index contributed by atoms with van der Waals surface area (Å²) in [7, 11) is 0. The van der Waals surface area contributed by atoms with Gasteiger partial charge >= 0.3 is 0 Å². The SMILES string of the molecule is Cc1csc(Nc2ncc(SCC3CCNCC3)cc2Oc2ccccc2)n1.Cl.Cl. The van der Waals surface area contributed by atoms with Gasteiger partial charge in [0.15, 0.2) is 16.7 Å². The lowest BCUT2D eigenvalue weighted by molar-refractivity contribution is 0.408. The van der Waals surface area contributed by atoms with Gasteiger partial charge in [0.05, 0.1) is 5.69 Å². The molecule has 1 aromatic carbocycles. The van der Waals surface area contributed by atoms with Crippen LogP contribution in [0.5, 0.6) is 11.5 Å². The number of hydrogen-bond acceptors (Lipinski definition) is 7. The van der Waals surface area contributed by atoms with E-state index in [1.54, 1.807) is 11.3 Å². The number of nitrogens with one attached hydrogen (secondary N) is 2. The van der Waals surface area contributed by atoms with E-state index in [1.165, 1.54) is 12.8 Å². The number of thioether (sulfide) groups is 1. The number of ether oxygens (including phenoxy) is 1. The van der Waals surface area contributed by atoms with E-state index in [0.717, 1.165) is 52.0 Å². The molecule has 4 rings (SSSR count). The third-order valence-corrected chi connectivity index (χ3v) is 6.66. The summed E-state index contributed by atoms with van der Waals surface area (Å²) in [6, 6.07) is 11.9. The number of hydrogen-bond donors (Lipinski definition) is 2. The summed E-state index contributed by atoms with van der Waals surface area (Å²) >= 11 is 3.42. The summed E-state index contributed by atoms with van der Waals surface area (Å²) < 4.78 is 6.15. The third kappa shape index (κ3) is 7.03. The van der Waals surface area contributed by atoms with Gasteiger partial charge in [0.2, 0.25) is 0 Å². The number of rotatable bonds is 7. The minimum absolute atomic E-state index is 0. The summed E-state index contributed by atoms with van der Waals surface area (Å²) in [4.78, 5) is 10.2. The van der Waals surface area contributed by atoms with E-state index < -0.39 is 0 Å². The van der Waals surface area contributed by atoms with Gasteiger partial charge in [-0.3, -0.25) is 0 Å². The van der Waals surface area contributed by atoms with Crippen molar-refractivity contribution in [2.45, 2.75) is 24.7 Å². The van der Waals surface area contributed by atoms with Gasteiger partial charge in [-0.2, -0.15) is 0 Å². The van der Waals surface area contributed by atoms with Crippen LogP contribution in [0.4, 0.5) is 10.9 Å². The van der Waals surface area contributed by atoms with Crippen molar-refractivity contribution in [1.82, 2.24) is 15.3 Å². The first-order chi connectivity index (χ1) is 13.8. The molecule has 30 heavy (non-hydrogen) atoms. The second kappa shape index (κ2) is 12.4. The van der Waals surface area contributed by atoms with Crippen LogP contribution in [0.1, 0.15) is 18.5 Å². The zero-order valence-corrected chi connectivity index (χ0v) is 19.9. The largest absolute Gasteiger partial charge is 0.453 e. The van der Waals surface area contributed by atoms with Crippen LogP contribution in [0, 0.1) is 12.8 Å². The Labute approximate surface area is 198 Å². The standard InChI is InChI=1S/C21H24N4OS2.2ClH/c1-15-13-28-21(24-15)25-20-19(26-17-5-3-2-4-6-17)11-18(12-23-20)27-14-16-7-9-22-10-8-16;;/h2-6,11-13,16,22H,7-10,14H2,1H3,(H,23,24,25);2*1H. The Balaban J connectivity index is 0.00000160. The summed E-state index contributed by atoms with van der Waals surface area (Å²) in [6.45, 7) is 4.24. The van der Waals surface area contributed by atoms with E-state index in [4.69, 9.17) is 4.74 Å². The number of para-hydroxylation sites is 1. The lowest BCUT2D eigenvalue weighted by Gasteiger charge is -2.22. The van der Waals surface area contributed by atoms with Crippen LogP contribution in [0.25, 0.3) is 0 Å². The topological polar surface area (TPSA) is 59.1 Å². The predicted octanol–water partition coefficient (Wildman–Crippen LogP) is 6.32. The number of benzene rings is 1. The maximum absolute atomic E-state index is 6.15. The van der Waals surface area contributed by atoms with Crippen molar-refractivity contribution in [2.24, 2.45) is 5.92 Å². The van der Waals surface area contributed by atoms with Gasteiger partial charge in [-0.05, 0) is 57.0 Å². The first kappa shape index (κ1) is 24.8. The van der Waals surface area contributed by atoms with Gasteiger partial charge < -0.3 is 15.4 Å². The molecule has 0 aliphatic carbocycles. The van der Waals surface area contributed by atoms with Crippen molar-refractivity contribution < 1.29 is 4.74 Å². The highest BCUT2D eigenvalue weighted by Gasteiger charge is 2.15. The second-order valence-electron chi connectivity index (χ2n) is 6.86. The van der Waals surface area contributed by atoms with E-state index in [-0.39, 0.29) is 24.8 Å².